The number of fused-ring (bicyclic) bond motifs is 1. The Balaban J connectivity index is 1.78. The molecule has 1 aliphatic heterocycles. The molecular formula is C41H67N7O9. The van der Waals surface area contributed by atoms with Gasteiger partial charge in [-0.2, -0.15) is 0 Å². The van der Waals surface area contributed by atoms with Gasteiger partial charge in [0, 0.05) is 77.0 Å². The van der Waals surface area contributed by atoms with Gasteiger partial charge in [0.1, 0.15) is 22.4 Å². The number of carbonyl (C=O) groups is 5. The fourth-order valence-electron chi connectivity index (χ4n) is 5.88. The summed E-state index contributed by atoms with van der Waals surface area (Å²) in [6.07, 6.45) is -0.274. The van der Waals surface area contributed by atoms with E-state index < -0.39 is 52.8 Å². The summed E-state index contributed by atoms with van der Waals surface area (Å²) in [5, 5.41) is 3.73. The molecule has 1 atom stereocenters. The lowest BCUT2D eigenvalue weighted by atomic mass is 10.1. The first-order valence-electron chi connectivity index (χ1n) is 19.7. The monoisotopic (exact) mass is 802 g/mol. The zero-order chi connectivity index (χ0) is 42.9. The van der Waals surface area contributed by atoms with Crippen molar-refractivity contribution in [2.24, 2.45) is 5.73 Å². The van der Waals surface area contributed by atoms with Crippen LogP contribution in [0.1, 0.15) is 88.6 Å². The molecule has 1 aromatic carbocycles. The average Bonchev–Trinajstić information content (AvgIpc) is 3.40. The van der Waals surface area contributed by atoms with Gasteiger partial charge in [-0.05, 0) is 101 Å². The lowest BCUT2D eigenvalue weighted by molar-refractivity contribution is -0.122. The number of nitrogens with one attached hydrogen (secondary N) is 1. The minimum Gasteiger partial charge on any atom is -0.444 e. The summed E-state index contributed by atoms with van der Waals surface area (Å²) < 4.78 is 24.2. The number of para-hydroxylation sites is 1. The van der Waals surface area contributed by atoms with Gasteiger partial charge in [0.25, 0.3) is 0 Å². The fourth-order valence-corrected chi connectivity index (χ4v) is 5.88. The van der Waals surface area contributed by atoms with Gasteiger partial charge >= 0.3 is 24.4 Å². The van der Waals surface area contributed by atoms with E-state index in [1.165, 1.54) is 9.47 Å². The van der Waals surface area contributed by atoms with Crippen molar-refractivity contribution in [3.8, 4) is 0 Å². The summed E-state index contributed by atoms with van der Waals surface area (Å²) in [4.78, 5) is 73.1. The highest BCUT2D eigenvalue weighted by molar-refractivity contribution is 5.93. The van der Waals surface area contributed by atoms with Crippen molar-refractivity contribution in [3.63, 3.8) is 0 Å². The van der Waals surface area contributed by atoms with Crippen LogP contribution in [0.4, 0.5) is 19.2 Å². The summed E-state index contributed by atoms with van der Waals surface area (Å²) >= 11 is 0. The first-order chi connectivity index (χ1) is 26.2. The second-order valence-corrected chi connectivity index (χ2v) is 18.4. The van der Waals surface area contributed by atoms with Crippen LogP contribution in [0.15, 0.2) is 30.5 Å². The molecule has 1 aromatic heterocycles. The normalized spacial score (nSPS) is 16.3. The van der Waals surface area contributed by atoms with E-state index >= 15 is 0 Å². The van der Waals surface area contributed by atoms with Crippen molar-refractivity contribution in [2.75, 3.05) is 65.4 Å². The van der Waals surface area contributed by atoms with Crippen molar-refractivity contribution in [1.82, 2.24) is 29.5 Å². The highest BCUT2D eigenvalue weighted by atomic mass is 16.6. The number of hydrogen-bond donors (Lipinski definition) is 2. The van der Waals surface area contributed by atoms with Crippen LogP contribution >= 0.6 is 0 Å². The smallest absolute Gasteiger partial charge is 0.419 e. The highest BCUT2D eigenvalue weighted by Crippen LogP contribution is 2.24. The molecule has 57 heavy (non-hydrogen) atoms. The number of ether oxygens (including phenoxy) is 4. The minimum atomic E-state index is -0.910. The first-order valence-corrected chi connectivity index (χ1v) is 19.7. The second kappa shape index (κ2) is 19.2. The summed E-state index contributed by atoms with van der Waals surface area (Å²) in [5.41, 5.74) is 4.89. The SMILES string of the molecule is CC(C)(C)OC(=O)N1CCN(CCNC(=O)[C@@H](N)Cc2cn(C(=O)OC(C)(C)C)c3ccccc23)CCN(C(=O)OC(C)(C)C)CCN(C(=O)OC(C)(C)C)CC1. The van der Waals surface area contributed by atoms with E-state index in [4.69, 9.17) is 24.7 Å². The Hall–Kier alpha value is -4.57. The van der Waals surface area contributed by atoms with Gasteiger partial charge in [-0.25, -0.2) is 19.2 Å². The summed E-state index contributed by atoms with van der Waals surface area (Å²) in [5.74, 6) is -0.369. The molecule has 4 amide bonds. The molecular weight excluding hydrogens is 734 g/mol. The summed E-state index contributed by atoms with van der Waals surface area (Å²) in [7, 11) is 0. The molecule has 320 valence electrons. The van der Waals surface area contributed by atoms with Gasteiger partial charge in [0.05, 0.1) is 11.6 Å². The Morgan fingerprint density at radius 2 is 1.00 bits per heavy atom. The molecule has 1 fully saturated rings. The number of rotatable bonds is 6. The Bertz CT molecular complexity index is 1650. The van der Waals surface area contributed by atoms with E-state index in [0.717, 1.165) is 10.9 Å². The molecule has 3 rings (SSSR count). The third kappa shape index (κ3) is 16.1. The number of hydrogen-bond acceptors (Lipinski definition) is 11. The van der Waals surface area contributed by atoms with Crippen LogP contribution < -0.4 is 11.1 Å². The molecule has 3 N–H and O–H groups in total. The predicted molar refractivity (Wildman–Crippen MR) is 218 cm³/mol. The molecule has 0 bridgehead atoms. The number of nitrogens with two attached hydrogens (primary N) is 1. The van der Waals surface area contributed by atoms with Crippen molar-refractivity contribution in [1.29, 1.82) is 0 Å². The van der Waals surface area contributed by atoms with Gasteiger partial charge in [-0.3, -0.25) is 14.3 Å². The zero-order valence-electron chi connectivity index (χ0n) is 36.2. The first kappa shape index (κ1) is 46.8. The molecule has 0 aliphatic carbocycles. The fraction of sp³-hybridized carbons (Fsp3) is 0.683. The van der Waals surface area contributed by atoms with Crippen LogP contribution in [-0.2, 0) is 30.2 Å². The topological polar surface area (TPSA) is 178 Å². The molecule has 2 heterocycles. The van der Waals surface area contributed by atoms with E-state index in [1.54, 1.807) is 99.1 Å². The number of carbonyl (C=O) groups excluding carboxylic acids is 5. The number of aromatic nitrogens is 1. The van der Waals surface area contributed by atoms with Crippen LogP contribution in [0.2, 0.25) is 0 Å². The second-order valence-electron chi connectivity index (χ2n) is 18.4. The van der Waals surface area contributed by atoms with Gasteiger partial charge in [0.2, 0.25) is 5.91 Å². The van der Waals surface area contributed by atoms with Crippen LogP contribution in [0.5, 0.6) is 0 Å². The van der Waals surface area contributed by atoms with E-state index in [1.807, 2.05) is 29.2 Å². The number of nitrogens with zero attached hydrogens (tertiary/aromatic N) is 5. The number of benzene rings is 1. The van der Waals surface area contributed by atoms with E-state index in [0.29, 0.717) is 25.2 Å². The zero-order valence-corrected chi connectivity index (χ0v) is 36.2. The molecule has 16 heteroatoms. The standard InChI is InChI=1S/C41H67N7O9/c1-38(2,3)54-34(50)45-21-19-44(20-22-46(35(51)55-39(4,5)6)24-26-47(25-23-45)36(52)56-40(7,8)9)18-17-43-33(49)31(42)27-29-28-48(37(53)57-41(10,11)12)32-16-14-13-15-30(29)32/h13-16,28,31H,17-27,42H2,1-12H3,(H,43,49)/t31-/m0/s1. The highest BCUT2D eigenvalue weighted by Gasteiger charge is 2.30. The summed E-state index contributed by atoms with van der Waals surface area (Å²) in [6, 6.07) is 6.47. The van der Waals surface area contributed by atoms with Gasteiger partial charge in [-0.1, -0.05) is 18.2 Å². The molecule has 16 nitrogen and oxygen atoms in total. The maximum absolute atomic E-state index is 13.4. The molecule has 0 unspecified atom stereocenters. The van der Waals surface area contributed by atoms with Crippen LogP contribution in [-0.4, -0.2) is 148 Å². The Morgan fingerprint density at radius 3 is 1.42 bits per heavy atom. The van der Waals surface area contributed by atoms with Crippen molar-refractivity contribution in [2.45, 2.75) is 118 Å². The summed E-state index contributed by atoms with van der Waals surface area (Å²) in [6.45, 7) is 23.9. The Kier molecular flexibility index (Phi) is 15.8. The maximum Gasteiger partial charge on any atom is 0.419 e. The number of amides is 4. The van der Waals surface area contributed by atoms with E-state index in [9.17, 15) is 24.0 Å². The predicted octanol–water partition coefficient (Wildman–Crippen LogP) is 5.44. The Morgan fingerprint density at radius 1 is 0.614 bits per heavy atom. The Labute approximate surface area is 338 Å². The van der Waals surface area contributed by atoms with E-state index in [2.05, 4.69) is 5.32 Å². The molecule has 2 aromatic rings. The average molecular weight is 802 g/mol. The quantitative estimate of drug-likeness (QED) is 0.356. The molecule has 1 aliphatic rings. The molecule has 0 radical (unpaired) electrons. The maximum atomic E-state index is 13.4. The third-order valence-corrected chi connectivity index (χ3v) is 8.50. The van der Waals surface area contributed by atoms with Crippen molar-refractivity contribution >= 4 is 41.2 Å². The molecule has 0 spiro atoms. The van der Waals surface area contributed by atoms with E-state index in [-0.39, 0.29) is 58.1 Å². The van der Waals surface area contributed by atoms with Crippen LogP contribution in [0.3, 0.4) is 0 Å². The third-order valence-electron chi connectivity index (χ3n) is 8.50. The van der Waals surface area contributed by atoms with Crippen LogP contribution in [0, 0.1) is 0 Å². The van der Waals surface area contributed by atoms with Gasteiger partial charge in [-0.15, -0.1) is 0 Å². The lowest BCUT2D eigenvalue weighted by Gasteiger charge is -2.35. The van der Waals surface area contributed by atoms with Gasteiger partial charge < -0.3 is 44.7 Å². The largest absolute Gasteiger partial charge is 0.444 e. The van der Waals surface area contributed by atoms with Crippen molar-refractivity contribution < 1.29 is 42.9 Å². The van der Waals surface area contributed by atoms with Gasteiger partial charge in [0.15, 0.2) is 0 Å². The van der Waals surface area contributed by atoms with Crippen molar-refractivity contribution in [3.05, 3.63) is 36.0 Å². The van der Waals surface area contributed by atoms with Crippen LogP contribution in [0.25, 0.3) is 10.9 Å². The lowest BCUT2D eigenvalue weighted by Crippen LogP contribution is -2.52. The molecule has 1 saturated heterocycles. The minimum absolute atomic E-state index is 0.140. The molecule has 0 saturated carbocycles.